The van der Waals surface area contributed by atoms with Crippen molar-refractivity contribution in [2.45, 2.75) is 26.2 Å². The van der Waals surface area contributed by atoms with E-state index in [0.717, 1.165) is 43.1 Å². The smallest absolute Gasteiger partial charge is 0.321 e. The molecule has 2 atom stereocenters. The lowest BCUT2D eigenvalue weighted by Crippen LogP contribution is -2.47. The molecule has 0 aliphatic carbocycles. The van der Waals surface area contributed by atoms with Gasteiger partial charge in [0.15, 0.2) is 11.6 Å². The summed E-state index contributed by atoms with van der Waals surface area (Å²) in [5, 5.41) is 5.96. The predicted octanol–water partition coefficient (Wildman–Crippen LogP) is 4.16. The van der Waals surface area contributed by atoms with Gasteiger partial charge in [-0.25, -0.2) is 13.6 Å². The number of amides is 3. The summed E-state index contributed by atoms with van der Waals surface area (Å²) in [5.74, 6) is -1.72. The van der Waals surface area contributed by atoms with E-state index in [1.807, 2.05) is 36.1 Å². The van der Waals surface area contributed by atoms with Gasteiger partial charge in [-0.3, -0.25) is 4.79 Å². The highest BCUT2D eigenvalue weighted by atomic mass is 19.2. The predicted molar refractivity (Wildman–Crippen MR) is 124 cm³/mol. The first-order chi connectivity index (χ1) is 15.9. The molecule has 2 saturated heterocycles. The fraction of sp³-hybridized carbons (Fsp3) is 0.440. The molecule has 2 fully saturated rings. The van der Waals surface area contributed by atoms with E-state index in [1.165, 1.54) is 6.07 Å². The Morgan fingerprint density at radius 1 is 1.03 bits per heavy atom. The third-order valence-corrected chi connectivity index (χ3v) is 6.47. The number of anilines is 2. The van der Waals surface area contributed by atoms with Crippen molar-refractivity contribution in [3.8, 4) is 0 Å². The standard InChI is InChI=1S/C25H30F2N4O2/c1-17-4-2-6-20(12-17)29-25(33)31-10-3-5-19(16-31)24(32)28-14-18-9-11-30(15-18)21-7-8-22(26)23(27)13-21/h2,4,6-8,12-13,18-19H,3,5,9-11,14-16H2,1H3,(H,28,32)(H,29,33). The molecule has 0 saturated carbocycles. The first-order valence-corrected chi connectivity index (χ1v) is 11.5. The van der Waals surface area contributed by atoms with Crippen LogP contribution in [0.3, 0.4) is 0 Å². The number of nitrogens with zero attached hydrogens (tertiary/aromatic N) is 2. The van der Waals surface area contributed by atoms with Crippen LogP contribution in [0.5, 0.6) is 0 Å². The monoisotopic (exact) mass is 456 g/mol. The Balaban J connectivity index is 1.24. The number of hydrogen-bond acceptors (Lipinski definition) is 3. The highest BCUT2D eigenvalue weighted by molar-refractivity contribution is 5.90. The molecule has 4 rings (SSSR count). The molecule has 6 nitrogen and oxygen atoms in total. The summed E-state index contributed by atoms with van der Waals surface area (Å²) in [6.45, 7) is 4.95. The quantitative estimate of drug-likeness (QED) is 0.710. The summed E-state index contributed by atoms with van der Waals surface area (Å²) >= 11 is 0. The highest BCUT2D eigenvalue weighted by Crippen LogP contribution is 2.25. The number of likely N-dealkylation sites (tertiary alicyclic amines) is 1. The molecule has 2 heterocycles. The van der Waals surface area contributed by atoms with E-state index in [2.05, 4.69) is 10.6 Å². The minimum absolute atomic E-state index is 0.0330. The van der Waals surface area contributed by atoms with Crippen LogP contribution in [0.25, 0.3) is 0 Å². The fourth-order valence-electron chi connectivity index (χ4n) is 4.61. The number of hydrogen-bond donors (Lipinski definition) is 2. The highest BCUT2D eigenvalue weighted by Gasteiger charge is 2.30. The molecule has 176 valence electrons. The Bertz CT molecular complexity index is 1020. The normalized spacial score (nSPS) is 20.6. The van der Waals surface area contributed by atoms with E-state index in [4.69, 9.17) is 0 Å². The van der Waals surface area contributed by atoms with E-state index < -0.39 is 11.6 Å². The number of carbonyl (C=O) groups excluding carboxylic acids is 2. The maximum absolute atomic E-state index is 13.5. The van der Waals surface area contributed by atoms with Crippen molar-refractivity contribution in [3.63, 3.8) is 0 Å². The third-order valence-electron chi connectivity index (χ3n) is 6.47. The lowest BCUT2D eigenvalue weighted by Gasteiger charge is -2.32. The number of halogens is 2. The summed E-state index contributed by atoms with van der Waals surface area (Å²) in [6.07, 6.45) is 2.41. The third kappa shape index (κ3) is 5.80. The second kappa shape index (κ2) is 10.2. The Kier molecular flexibility index (Phi) is 7.11. The Labute approximate surface area is 192 Å². The van der Waals surface area contributed by atoms with Gasteiger partial charge in [0.2, 0.25) is 5.91 Å². The van der Waals surface area contributed by atoms with Crippen LogP contribution in [0.2, 0.25) is 0 Å². The van der Waals surface area contributed by atoms with Crippen molar-refractivity contribution in [1.29, 1.82) is 0 Å². The van der Waals surface area contributed by atoms with Crippen LogP contribution in [-0.2, 0) is 4.79 Å². The number of nitrogens with one attached hydrogen (secondary N) is 2. The van der Waals surface area contributed by atoms with Crippen molar-refractivity contribution >= 4 is 23.3 Å². The van der Waals surface area contributed by atoms with Gasteiger partial charge in [-0.15, -0.1) is 0 Å². The van der Waals surface area contributed by atoms with Gasteiger partial charge in [0.1, 0.15) is 0 Å². The van der Waals surface area contributed by atoms with E-state index in [0.29, 0.717) is 31.9 Å². The van der Waals surface area contributed by atoms with Gasteiger partial charge >= 0.3 is 6.03 Å². The van der Waals surface area contributed by atoms with Gasteiger partial charge in [0.25, 0.3) is 0 Å². The fourth-order valence-corrected chi connectivity index (χ4v) is 4.61. The SMILES string of the molecule is Cc1cccc(NC(=O)N2CCCC(C(=O)NCC3CCN(c4ccc(F)c(F)c4)C3)C2)c1. The van der Waals surface area contributed by atoms with Crippen molar-refractivity contribution in [2.24, 2.45) is 11.8 Å². The van der Waals surface area contributed by atoms with Crippen molar-refractivity contribution in [3.05, 3.63) is 59.7 Å². The summed E-state index contributed by atoms with van der Waals surface area (Å²) in [4.78, 5) is 29.2. The lowest BCUT2D eigenvalue weighted by molar-refractivity contribution is -0.126. The molecule has 0 aromatic heterocycles. The average Bonchev–Trinajstić information content (AvgIpc) is 3.28. The van der Waals surface area contributed by atoms with Crippen LogP contribution in [0.1, 0.15) is 24.8 Å². The molecule has 2 aliphatic rings. The summed E-state index contributed by atoms with van der Waals surface area (Å²) in [7, 11) is 0. The average molecular weight is 457 g/mol. The van der Waals surface area contributed by atoms with E-state index >= 15 is 0 Å². The zero-order chi connectivity index (χ0) is 23.4. The van der Waals surface area contributed by atoms with Crippen LogP contribution in [0.15, 0.2) is 42.5 Å². The molecular weight excluding hydrogens is 426 g/mol. The first kappa shape index (κ1) is 23.0. The zero-order valence-corrected chi connectivity index (χ0v) is 18.8. The van der Waals surface area contributed by atoms with Gasteiger partial charge in [0, 0.05) is 50.2 Å². The minimum atomic E-state index is -0.851. The molecule has 0 bridgehead atoms. The van der Waals surface area contributed by atoms with Gasteiger partial charge in [0.05, 0.1) is 5.92 Å². The number of carbonyl (C=O) groups is 2. The van der Waals surface area contributed by atoms with Crippen LogP contribution in [-0.4, -0.2) is 49.6 Å². The minimum Gasteiger partial charge on any atom is -0.371 e. The molecular formula is C25H30F2N4O2. The van der Waals surface area contributed by atoms with Crippen LogP contribution in [0, 0.1) is 30.4 Å². The summed E-state index contributed by atoms with van der Waals surface area (Å²) in [6, 6.07) is 11.4. The molecule has 0 spiro atoms. The first-order valence-electron chi connectivity index (χ1n) is 11.5. The van der Waals surface area contributed by atoms with Gasteiger partial charge < -0.3 is 20.4 Å². The zero-order valence-electron chi connectivity index (χ0n) is 18.8. The van der Waals surface area contributed by atoms with Crippen LogP contribution < -0.4 is 15.5 Å². The van der Waals surface area contributed by atoms with Crippen molar-refractivity contribution in [1.82, 2.24) is 10.2 Å². The van der Waals surface area contributed by atoms with Gasteiger partial charge in [-0.1, -0.05) is 12.1 Å². The van der Waals surface area contributed by atoms with Gasteiger partial charge in [-0.05, 0) is 61.9 Å². The maximum atomic E-state index is 13.5. The molecule has 2 aromatic rings. The molecule has 2 aliphatic heterocycles. The Morgan fingerprint density at radius 3 is 2.67 bits per heavy atom. The summed E-state index contributed by atoms with van der Waals surface area (Å²) < 4.78 is 26.7. The molecule has 0 radical (unpaired) electrons. The van der Waals surface area contributed by atoms with Crippen LogP contribution in [0.4, 0.5) is 25.0 Å². The Hall–Kier alpha value is -3.16. The van der Waals surface area contributed by atoms with E-state index in [9.17, 15) is 18.4 Å². The maximum Gasteiger partial charge on any atom is 0.321 e. The van der Waals surface area contributed by atoms with Crippen molar-refractivity contribution in [2.75, 3.05) is 42.9 Å². The van der Waals surface area contributed by atoms with Crippen molar-refractivity contribution < 1.29 is 18.4 Å². The van der Waals surface area contributed by atoms with Crippen LogP contribution >= 0.6 is 0 Å². The molecule has 8 heteroatoms. The van der Waals surface area contributed by atoms with Gasteiger partial charge in [-0.2, -0.15) is 0 Å². The second-order valence-corrected chi connectivity index (χ2v) is 9.03. The molecule has 2 N–H and O–H groups in total. The largest absolute Gasteiger partial charge is 0.371 e. The Morgan fingerprint density at radius 2 is 1.88 bits per heavy atom. The number of rotatable bonds is 5. The number of urea groups is 1. The number of benzene rings is 2. The van der Waals surface area contributed by atoms with E-state index in [1.54, 1.807) is 11.0 Å². The number of piperidine rings is 1. The topological polar surface area (TPSA) is 64.7 Å². The molecule has 2 unspecified atom stereocenters. The number of aryl methyl sites for hydroxylation is 1. The second-order valence-electron chi connectivity index (χ2n) is 9.03. The molecule has 33 heavy (non-hydrogen) atoms. The van der Waals surface area contributed by atoms with E-state index in [-0.39, 0.29) is 23.8 Å². The summed E-state index contributed by atoms with van der Waals surface area (Å²) in [5.41, 5.74) is 2.47. The lowest BCUT2D eigenvalue weighted by atomic mass is 9.97. The molecule has 3 amide bonds. The molecule has 2 aromatic carbocycles.